The number of aromatic hydroxyl groups is 2. The Kier molecular flexibility index (Phi) is 8.44. The summed E-state index contributed by atoms with van der Waals surface area (Å²) < 4.78 is 155. The Morgan fingerprint density at radius 2 is 0.865 bits per heavy atom. The van der Waals surface area contributed by atoms with E-state index < -0.39 is 69.6 Å². The molecule has 0 radical (unpaired) electrons. The molecule has 0 saturated carbocycles. The molecule has 37 heavy (non-hydrogen) atoms. The van der Waals surface area contributed by atoms with Gasteiger partial charge in [0.1, 0.15) is 11.5 Å². The van der Waals surface area contributed by atoms with Crippen LogP contribution in [0.15, 0.2) is 34.3 Å². The first-order chi connectivity index (χ1) is 16.7. The second-order valence-electron chi connectivity index (χ2n) is 7.34. The number of halogens is 12. The van der Waals surface area contributed by atoms with Crippen molar-refractivity contribution >= 4 is 12.4 Å². The fraction of sp³-hybridized carbons (Fsp3) is 0.333. The van der Waals surface area contributed by atoms with E-state index in [0.29, 0.717) is 12.4 Å². The summed E-state index contributed by atoms with van der Waals surface area (Å²) in [6.45, 7) is -0.618. The molecule has 0 aliphatic rings. The maximum atomic E-state index is 12.9. The van der Waals surface area contributed by atoms with Gasteiger partial charge in [-0.15, -0.1) is 0 Å². The molecular weight excluding hydrogens is 540 g/mol. The van der Waals surface area contributed by atoms with E-state index in [0.717, 1.165) is 0 Å². The van der Waals surface area contributed by atoms with Crippen LogP contribution in [0.5, 0.6) is 11.5 Å². The van der Waals surface area contributed by atoms with Gasteiger partial charge in [0.05, 0.1) is 22.3 Å². The van der Waals surface area contributed by atoms with Gasteiger partial charge in [-0.05, 0) is 30.7 Å². The minimum absolute atomic E-state index is 0.106. The number of phenolic OH excluding ortho intramolecular Hbond substituents is 2. The van der Waals surface area contributed by atoms with Crippen molar-refractivity contribution in [2.24, 2.45) is 9.98 Å². The predicted octanol–water partition coefficient (Wildman–Crippen LogP) is 7.10. The van der Waals surface area contributed by atoms with Crippen molar-refractivity contribution in [3.05, 3.63) is 57.6 Å². The summed E-state index contributed by atoms with van der Waals surface area (Å²) in [4.78, 5) is 7.13. The Morgan fingerprint density at radius 1 is 0.541 bits per heavy atom. The van der Waals surface area contributed by atoms with E-state index in [2.05, 4.69) is 9.98 Å². The molecule has 0 aliphatic heterocycles. The zero-order valence-corrected chi connectivity index (χ0v) is 17.9. The highest BCUT2D eigenvalue weighted by molar-refractivity contribution is 5.85. The summed E-state index contributed by atoms with van der Waals surface area (Å²) in [6, 6.07) is -0.0642. The molecule has 2 N–H and O–H groups in total. The number of hydrogen-bond donors (Lipinski definition) is 2. The van der Waals surface area contributed by atoms with Gasteiger partial charge in [-0.25, -0.2) is 0 Å². The first-order valence-corrected chi connectivity index (χ1v) is 9.75. The fourth-order valence-corrected chi connectivity index (χ4v) is 2.85. The van der Waals surface area contributed by atoms with Crippen LogP contribution >= 0.6 is 0 Å². The highest BCUT2D eigenvalue weighted by Crippen LogP contribution is 2.42. The number of alkyl halides is 12. The van der Waals surface area contributed by atoms with Crippen molar-refractivity contribution in [2.45, 2.75) is 31.1 Å². The molecule has 0 saturated heterocycles. The third kappa shape index (κ3) is 7.76. The number of rotatable bonds is 6. The topological polar surface area (TPSA) is 65.2 Å². The molecule has 0 atom stereocenters. The third-order valence-corrected chi connectivity index (χ3v) is 4.58. The minimum Gasteiger partial charge on any atom is -0.507 e. The smallest absolute Gasteiger partial charge is 0.419 e. The Hall–Kier alpha value is -3.46. The van der Waals surface area contributed by atoms with Crippen LogP contribution in [0.25, 0.3) is 0 Å². The van der Waals surface area contributed by atoms with E-state index in [1.54, 1.807) is 0 Å². The molecule has 204 valence electrons. The van der Waals surface area contributed by atoms with Crippen molar-refractivity contribution in [2.75, 3.05) is 13.1 Å². The van der Waals surface area contributed by atoms with E-state index in [9.17, 15) is 62.9 Å². The summed E-state index contributed by atoms with van der Waals surface area (Å²) in [5.74, 6) is -2.99. The Balaban J connectivity index is 2.16. The number of benzene rings is 2. The minimum atomic E-state index is -5.30. The van der Waals surface area contributed by atoms with E-state index in [1.807, 2.05) is 0 Å². The normalized spacial score (nSPS) is 13.7. The molecule has 0 spiro atoms. The molecular formula is C21H14F12N2O2. The zero-order valence-electron chi connectivity index (χ0n) is 17.9. The maximum absolute atomic E-state index is 12.9. The molecule has 0 amide bonds. The first-order valence-electron chi connectivity index (χ1n) is 9.75. The zero-order chi connectivity index (χ0) is 28.4. The Bertz CT molecular complexity index is 1080. The molecule has 0 heterocycles. The first kappa shape index (κ1) is 29.8. The van der Waals surface area contributed by atoms with Crippen molar-refractivity contribution in [1.82, 2.24) is 0 Å². The highest BCUT2D eigenvalue weighted by Gasteiger charge is 2.41. The van der Waals surface area contributed by atoms with E-state index >= 15 is 0 Å². The maximum Gasteiger partial charge on any atom is 0.419 e. The molecule has 2 rings (SSSR count). The van der Waals surface area contributed by atoms with Gasteiger partial charge in [-0.3, -0.25) is 9.98 Å². The van der Waals surface area contributed by atoms with Gasteiger partial charge in [0.2, 0.25) is 0 Å². The largest absolute Gasteiger partial charge is 0.507 e. The van der Waals surface area contributed by atoms with Crippen LogP contribution in [0.4, 0.5) is 52.7 Å². The number of nitrogens with zero attached hydrogens (tertiary/aromatic N) is 2. The van der Waals surface area contributed by atoms with Gasteiger partial charge >= 0.3 is 24.7 Å². The lowest BCUT2D eigenvalue weighted by molar-refractivity contribution is -0.145. The van der Waals surface area contributed by atoms with Crippen LogP contribution < -0.4 is 0 Å². The summed E-state index contributed by atoms with van der Waals surface area (Å²) in [5.41, 5.74) is -9.04. The average Bonchev–Trinajstić information content (AvgIpc) is 2.71. The van der Waals surface area contributed by atoms with Gasteiger partial charge in [0, 0.05) is 36.6 Å². The molecule has 0 aliphatic carbocycles. The van der Waals surface area contributed by atoms with Crippen molar-refractivity contribution < 1.29 is 62.9 Å². The van der Waals surface area contributed by atoms with Crippen LogP contribution in [0.1, 0.15) is 39.8 Å². The molecule has 0 bridgehead atoms. The van der Waals surface area contributed by atoms with E-state index in [-0.39, 0.29) is 43.8 Å². The molecule has 0 unspecified atom stereocenters. The summed E-state index contributed by atoms with van der Waals surface area (Å²) in [5, 5.41) is 19.4. The van der Waals surface area contributed by atoms with Gasteiger partial charge < -0.3 is 10.2 Å². The molecule has 0 aromatic heterocycles. The lowest BCUT2D eigenvalue weighted by Crippen LogP contribution is -2.12. The second kappa shape index (κ2) is 10.5. The number of aliphatic imine (C=N–C) groups is 2. The van der Waals surface area contributed by atoms with Crippen LogP contribution in [0.2, 0.25) is 0 Å². The standard InChI is InChI=1S/C21H14F12N2O2/c22-18(23,24)12-4-10(16(36)14(6-12)20(28,29)30)8-34-2-1-3-35-9-11-5-13(19(25,26)27)7-15(17(11)37)21(31,32)33/h4-9,36-37H,1-3H2. The molecule has 16 heteroatoms. The number of hydrogen-bond acceptors (Lipinski definition) is 4. The average molecular weight is 554 g/mol. The molecule has 2 aromatic carbocycles. The van der Waals surface area contributed by atoms with Crippen LogP contribution in [0.3, 0.4) is 0 Å². The van der Waals surface area contributed by atoms with E-state index in [4.69, 9.17) is 0 Å². The Labute approximate surface area is 199 Å². The van der Waals surface area contributed by atoms with Gasteiger partial charge in [0.15, 0.2) is 0 Å². The quantitative estimate of drug-likeness (QED) is 0.227. The number of phenols is 2. The lowest BCUT2D eigenvalue weighted by Gasteiger charge is -2.15. The monoisotopic (exact) mass is 554 g/mol. The van der Waals surface area contributed by atoms with Gasteiger partial charge in [0.25, 0.3) is 0 Å². The van der Waals surface area contributed by atoms with E-state index in [1.165, 1.54) is 0 Å². The second-order valence-corrected chi connectivity index (χ2v) is 7.34. The molecule has 0 fully saturated rings. The van der Waals surface area contributed by atoms with Crippen molar-refractivity contribution in [3.63, 3.8) is 0 Å². The molecule has 4 nitrogen and oxygen atoms in total. The predicted molar refractivity (Wildman–Crippen MR) is 106 cm³/mol. The van der Waals surface area contributed by atoms with Gasteiger partial charge in [-0.1, -0.05) is 0 Å². The van der Waals surface area contributed by atoms with Crippen LogP contribution in [-0.2, 0) is 24.7 Å². The SMILES string of the molecule is Oc1c(C=NCCCN=Cc2cc(C(F)(F)F)cc(C(F)(F)F)c2O)cc(C(F)(F)F)cc1C(F)(F)F. The van der Waals surface area contributed by atoms with Crippen LogP contribution in [-0.4, -0.2) is 35.7 Å². The summed E-state index contributed by atoms with van der Waals surface area (Å²) >= 11 is 0. The molecule has 2 aromatic rings. The highest BCUT2D eigenvalue weighted by atomic mass is 19.4. The van der Waals surface area contributed by atoms with Crippen molar-refractivity contribution in [1.29, 1.82) is 0 Å². The van der Waals surface area contributed by atoms with Gasteiger partial charge in [-0.2, -0.15) is 52.7 Å². The Morgan fingerprint density at radius 3 is 1.14 bits per heavy atom. The third-order valence-electron chi connectivity index (χ3n) is 4.58. The fourth-order valence-electron chi connectivity index (χ4n) is 2.85. The van der Waals surface area contributed by atoms with Crippen molar-refractivity contribution in [3.8, 4) is 11.5 Å². The lowest BCUT2D eigenvalue weighted by atomic mass is 10.0. The van der Waals surface area contributed by atoms with Crippen LogP contribution in [0, 0.1) is 0 Å². The summed E-state index contributed by atoms with van der Waals surface area (Å²) in [6.07, 6.45) is -20.0. The summed E-state index contributed by atoms with van der Waals surface area (Å²) in [7, 11) is 0.